The van der Waals surface area contributed by atoms with Gasteiger partial charge in [0.05, 0.1) is 29.6 Å². The summed E-state index contributed by atoms with van der Waals surface area (Å²) in [6, 6.07) is 17.9. The highest BCUT2D eigenvalue weighted by Gasteiger charge is 2.14. The van der Waals surface area contributed by atoms with Crippen LogP contribution in [0.3, 0.4) is 0 Å². The molecule has 0 aliphatic carbocycles. The Balaban J connectivity index is 1.56. The molecule has 9 nitrogen and oxygen atoms in total. The van der Waals surface area contributed by atoms with Crippen LogP contribution in [0.2, 0.25) is 0 Å². The second kappa shape index (κ2) is 10.9. The van der Waals surface area contributed by atoms with Crippen LogP contribution >= 0.6 is 0 Å². The van der Waals surface area contributed by atoms with Crippen LogP contribution in [0.1, 0.15) is 22.8 Å². The van der Waals surface area contributed by atoms with Gasteiger partial charge >= 0.3 is 0 Å². The number of nitrogens with two attached hydrogens (primary N) is 1. The van der Waals surface area contributed by atoms with Crippen LogP contribution in [0.4, 0.5) is 0 Å². The number of hydrogen-bond donors (Lipinski definition) is 2. The van der Waals surface area contributed by atoms with Crippen LogP contribution in [0.5, 0.6) is 11.5 Å². The van der Waals surface area contributed by atoms with Crippen molar-refractivity contribution in [3.8, 4) is 22.8 Å². The van der Waals surface area contributed by atoms with Crippen LogP contribution in [0, 0.1) is 0 Å². The average molecular weight is 470 g/mol. The van der Waals surface area contributed by atoms with Crippen LogP contribution in [-0.4, -0.2) is 41.2 Å². The van der Waals surface area contributed by atoms with Gasteiger partial charge < -0.3 is 15.2 Å². The first-order valence-corrected chi connectivity index (χ1v) is 10.9. The predicted molar refractivity (Wildman–Crippen MR) is 132 cm³/mol. The smallest absolute Gasteiger partial charge is 0.272 e. The number of hydrazone groups is 1. The van der Waals surface area contributed by atoms with E-state index in [9.17, 15) is 9.59 Å². The van der Waals surface area contributed by atoms with Crippen molar-refractivity contribution in [2.75, 3.05) is 13.2 Å². The summed E-state index contributed by atoms with van der Waals surface area (Å²) in [7, 11) is 0. The minimum Gasteiger partial charge on any atom is -0.490 e. The molecule has 0 aliphatic heterocycles. The Labute approximate surface area is 201 Å². The maximum atomic E-state index is 13.0. The van der Waals surface area contributed by atoms with Gasteiger partial charge in [-0.25, -0.2) is 10.4 Å². The molecule has 176 valence electrons. The van der Waals surface area contributed by atoms with Gasteiger partial charge in [0.2, 0.25) is 0 Å². The van der Waals surface area contributed by atoms with Gasteiger partial charge in [-0.05, 0) is 55.0 Å². The first-order chi connectivity index (χ1) is 17.0. The lowest BCUT2D eigenvalue weighted by molar-refractivity contribution is -0.119. The van der Waals surface area contributed by atoms with E-state index < -0.39 is 5.91 Å². The van der Waals surface area contributed by atoms with E-state index in [0.717, 1.165) is 5.56 Å². The standard InChI is InChI=1S/C26H23N5O4/c1-2-34-24-12-17(9-10-23(24)35-16-25(27)32)14-29-31-26(33)20-13-22(18-6-5-11-28-15-18)30-21-8-4-3-7-19(20)21/h3-15H,2,16H2,1H3,(H2,27,32)(H,31,33). The number of rotatable bonds is 9. The Morgan fingerprint density at radius 3 is 2.69 bits per heavy atom. The van der Waals surface area contributed by atoms with E-state index in [-0.39, 0.29) is 12.5 Å². The minimum atomic E-state index is -0.587. The SMILES string of the molecule is CCOc1cc(C=NNC(=O)c2cc(-c3cccnc3)nc3ccccc23)ccc1OCC(N)=O. The molecule has 0 aliphatic rings. The number of benzene rings is 2. The van der Waals surface area contributed by atoms with E-state index in [1.54, 1.807) is 36.7 Å². The third kappa shape index (κ3) is 5.77. The number of nitrogens with zero attached hydrogens (tertiary/aromatic N) is 3. The third-order valence-corrected chi connectivity index (χ3v) is 4.94. The van der Waals surface area contributed by atoms with E-state index >= 15 is 0 Å². The highest BCUT2D eigenvalue weighted by molar-refractivity contribution is 6.07. The number of carbonyl (C=O) groups is 2. The van der Waals surface area contributed by atoms with Gasteiger partial charge in [-0.1, -0.05) is 18.2 Å². The van der Waals surface area contributed by atoms with Crippen LogP contribution < -0.4 is 20.6 Å². The third-order valence-electron chi connectivity index (χ3n) is 4.94. The van der Waals surface area contributed by atoms with Crippen molar-refractivity contribution in [2.45, 2.75) is 6.92 Å². The zero-order valence-electron chi connectivity index (χ0n) is 19.0. The second-order valence-electron chi connectivity index (χ2n) is 7.41. The van der Waals surface area contributed by atoms with Gasteiger partial charge in [0.15, 0.2) is 18.1 Å². The molecule has 0 spiro atoms. The van der Waals surface area contributed by atoms with E-state index in [4.69, 9.17) is 15.2 Å². The number of primary amides is 1. The number of fused-ring (bicyclic) bond motifs is 1. The van der Waals surface area contributed by atoms with Gasteiger partial charge in [0, 0.05) is 23.3 Å². The number of aromatic nitrogens is 2. The highest BCUT2D eigenvalue weighted by Crippen LogP contribution is 2.28. The zero-order valence-corrected chi connectivity index (χ0v) is 19.0. The van der Waals surface area contributed by atoms with Crippen LogP contribution in [0.25, 0.3) is 22.2 Å². The van der Waals surface area contributed by atoms with Crippen molar-refractivity contribution < 1.29 is 19.1 Å². The molecule has 2 aromatic carbocycles. The average Bonchev–Trinajstić information content (AvgIpc) is 2.88. The fourth-order valence-corrected chi connectivity index (χ4v) is 3.39. The number of carbonyl (C=O) groups excluding carboxylic acids is 2. The number of ether oxygens (including phenoxy) is 2. The van der Waals surface area contributed by atoms with Crippen molar-refractivity contribution in [2.24, 2.45) is 10.8 Å². The number of para-hydroxylation sites is 1. The molecular weight excluding hydrogens is 446 g/mol. The first-order valence-electron chi connectivity index (χ1n) is 10.9. The lowest BCUT2D eigenvalue weighted by atomic mass is 10.0. The van der Waals surface area contributed by atoms with Crippen molar-refractivity contribution in [3.63, 3.8) is 0 Å². The van der Waals surface area contributed by atoms with Crippen LogP contribution in [-0.2, 0) is 4.79 Å². The van der Waals surface area contributed by atoms with Crippen molar-refractivity contribution in [1.29, 1.82) is 0 Å². The van der Waals surface area contributed by atoms with Crippen LogP contribution in [0.15, 0.2) is 78.2 Å². The van der Waals surface area contributed by atoms with Crippen molar-refractivity contribution >= 4 is 28.9 Å². The monoisotopic (exact) mass is 469 g/mol. The van der Waals surface area contributed by atoms with Crippen molar-refractivity contribution in [3.05, 3.63) is 84.2 Å². The molecule has 0 saturated carbocycles. The second-order valence-corrected chi connectivity index (χ2v) is 7.41. The molecule has 0 saturated heterocycles. The lowest BCUT2D eigenvalue weighted by Gasteiger charge is -2.11. The summed E-state index contributed by atoms with van der Waals surface area (Å²) in [4.78, 5) is 32.9. The van der Waals surface area contributed by atoms with Gasteiger partial charge in [-0.15, -0.1) is 0 Å². The molecule has 2 heterocycles. The summed E-state index contributed by atoms with van der Waals surface area (Å²) in [5.41, 5.74) is 11.0. The highest BCUT2D eigenvalue weighted by atomic mass is 16.5. The van der Waals surface area contributed by atoms with Gasteiger partial charge in [0.1, 0.15) is 0 Å². The molecule has 0 atom stereocenters. The fraction of sp³-hybridized carbons (Fsp3) is 0.115. The number of hydrogen-bond acceptors (Lipinski definition) is 7. The largest absolute Gasteiger partial charge is 0.490 e. The molecule has 2 amide bonds. The summed E-state index contributed by atoms with van der Waals surface area (Å²) in [5, 5.41) is 4.82. The summed E-state index contributed by atoms with van der Waals surface area (Å²) in [6.07, 6.45) is 4.87. The Morgan fingerprint density at radius 1 is 1.06 bits per heavy atom. The van der Waals surface area contributed by atoms with Crippen molar-refractivity contribution in [1.82, 2.24) is 15.4 Å². The molecular formula is C26H23N5O4. The Kier molecular flexibility index (Phi) is 7.27. The van der Waals surface area contributed by atoms with Gasteiger partial charge in [-0.3, -0.25) is 14.6 Å². The Morgan fingerprint density at radius 2 is 1.91 bits per heavy atom. The predicted octanol–water partition coefficient (Wildman–Crippen LogP) is 3.32. The molecule has 0 radical (unpaired) electrons. The topological polar surface area (TPSA) is 129 Å². The van der Waals surface area contributed by atoms with E-state index in [1.807, 2.05) is 43.3 Å². The molecule has 35 heavy (non-hydrogen) atoms. The molecule has 0 unspecified atom stereocenters. The van der Waals surface area contributed by atoms with E-state index in [2.05, 4.69) is 20.5 Å². The summed E-state index contributed by atoms with van der Waals surface area (Å²) in [6.45, 7) is 1.97. The molecule has 0 bridgehead atoms. The first kappa shape index (κ1) is 23.4. The lowest BCUT2D eigenvalue weighted by Crippen LogP contribution is -2.20. The maximum Gasteiger partial charge on any atom is 0.272 e. The minimum absolute atomic E-state index is 0.259. The number of amides is 2. The number of nitrogens with one attached hydrogen (secondary N) is 1. The molecule has 4 aromatic rings. The normalized spacial score (nSPS) is 10.9. The van der Waals surface area contributed by atoms with E-state index in [1.165, 1.54) is 6.21 Å². The maximum absolute atomic E-state index is 13.0. The molecule has 2 aromatic heterocycles. The quantitative estimate of drug-likeness (QED) is 0.286. The van der Waals surface area contributed by atoms with Gasteiger partial charge in [-0.2, -0.15) is 5.10 Å². The molecule has 9 heteroatoms. The fourth-order valence-electron chi connectivity index (χ4n) is 3.39. The van der Waals surface area contributed by atoms with E-state index in [0.29, 0.717) is 45.8 Å². The summed E-state index contributed by atoms with van der Waals surface area (Å²) >= 11 is 0. The number of pyridine rings is 2. The Hall–Kier alpha value is -4.79. The van der Waals surface area contributed by atoms with Gasteiger partial charge in [0.25, 0.3) is 11.8 Å². The molecule has 3 N–H and O–H groups in total. The Bertz CT molecular complexity index is 1390. The summed E-state index contributed by atoms with van der Waals surface area (Å²) in [5.74, 6) is -0.143. The summed E-state index contributed by atoms with van der Waals surface area (Å²) < 4.78 is 10.9. The molecule has 4 rings (SSSR count). The zero-order chi connectivity index (χ0) is 24.6. The molecule has 0 fully saturated rings.